The molecule has 5 aliphatic rings. The lowest BCUT2D eigenvalue weighted by Gasteiger charge is -2.51. The highest BCUT2D eigenvalue weighted by atomic mass is 16.6. The maximum atomic E-state index is 13.0. The van der Waals surface area contributed by atoms with Gasteiger partial charge in [0.05, 0.1) is 25.2 Å². The Balaban J connectivity index is 1.11. The Hall–Kier alpha value is -1.79. The molecule has 2 saturated carbocycles. The van der Waals surface area contributed by atoms with Gasteiger partial charge >= 0.3 is 5.97 Å². The molecule has 6 rings (SSSR count). The van der Waals surface area contributed by atoms with E-state index in [0.29, 0.717) is 11.8 Å². The summed E-state index contributed by atoms with van der Waals surface area (Å²) in [6.45, 7) is 8.09. The number of methoxy groups -OCH3 is 1. The molecule has 1 aromatic carbocycles. The van der Waals surface area contributed by atoms with Crippen molar-refractivity contribution in [3.8, 4) is 5.75 Å². The maximum absolute atomic E-state index is 13.0. The lowest BCUT2D eigenvalue weighted by Crippen LogP contribution is -2.52. The third kappa shape index (κ3) is 3.41. The van der Waals surface area contributed by atoms with E-state index in [-0.39, 0.29) is 29.0 Å². The predicted octanol–water partition coefficient (Wildman–Crippen LogP) is 3.34. The molecule has 174 valence electrons. The number of rotatable bonds is 4. The number of anilines is 1. The van der Waals surface area contributed by atoms with Gasteiger partial charge in [0.1, 0.15) is 11.9 Å². The number of carbonyl (C=O) groups excluding carboxylic acids is 1. The zero-order valence-electron chi connectivity index (χ0n) is 19.4. The van der Waals surface area contributed by atoms with Crippen molar-refractivity contribution in [2.75, 3.05) is 51.3 Å². The second-order valence-electron chi connectivity index (χ2n) is 11.1. The fourth-order valence-corrected chi connectivity index (χ4v) is 7.44. The van der Waals surface area contributed by atoms with Gasteiger partial charge < -0.3 is 19.1 Å². The lowest BCUT2D eigenvalue weighted by molar-refractivity contribution is -0.147. The van der Waals surface area contributed by atoms with Crippen LogP contribution in [0.4, 0.5) is 5.69 Å². The van der Waals surface area contributed by atoms with Crippen molar-refractivity contribution in [1.82, 2.24) is 4.90 Å². The van der Waals surface area contributed by atoms with Crippen LogP contribution < -0.4 is 9.64 Å². The van der Waals surface area contributed by atoms with Crippen LogP contribution in [0.15, 0.2) is 24.3 Å². The molecule has 6 atom stereocenters. The highest BCUT2D eigenvalue weighted by molar-refractivity contribution is 5.75. The van der Waals surface area contributed by atoms with Gasteiger partial charge in [-0.05, 0) is 55.6 Å². The summed E-state index contributed by atoms with van der Waals surface area (Å²) in [7, 11) is 1.71. The molecule has 3 unspecified atom stereocenters. The topological polar surface area (TPSA) is 54.5 Å². The monoisotopic (exact) mass is 440 g/mol. The minimum Gasteiger partial charge on any atom is -0.497 e. The Morgan fingerprint density at radius 2 is 2.00 bits per heavy atom. The van der Waals surface area contributed by atoms with Crippen LogP contribution >= 0.6 is 0 Å². The first-order chi connectivity index (χ1) is 15.5. The molecule has 0 amide bonds. The number of epoxide rings is 1. The van der Waals surface area contributed by atoms with Gasteiger partial charge in [-0.2, -0.15) is 0 Å². The molecule has 3 heterocycles. The van der Waals surface area contributed by atoms with Gasteiger partial charge in [0, 0.05) is 50.4 Å². The van der Waals surface area contributed by atoms with Crippen molar-refractivity contribution in [3.63, 3.8) is 0 Å². The molecule has 3 saturated heterocycles. The molecule has 3 aliphatic heterocycles. The Morgan fingerprint density at radius 3 is 2.75 bits per heavy atom. The molecule has 5 fully saturated rings. The smallest absolute Gasteiger partial charge is 0.310 e. The van der Waals surface area contributed by atoms with E-state index in [1.165, 1.54) is 24.9 Å². The minimum atomic E-state index is 0.0191. The molecule has 2 aliphatic carbocycles. The third-order valence-corrected chi connectivity index (χ3v) is 9.32. The van der Waals surface area contributed by atoms with Gasteiger partial charge in [-0.3, -0.25) is 9.69 Å². The Labute approximate surface area is 191 Å². The van der Waals surface area contributed by atoms with Crippen LogP contribution in [0.1, 0.15) is 39.0 Å². The number of piperazine rings is 1. The molecule has 0 N–H and O–H groups in total. The molecule has 0 bridgehead atoms. The number of nitrogens with zero attached hydrogens (tertiary/aromatic N) is 2. The standard InChI is InChI=1S/C26H36N2O4/c1-25-7-4-8-26(17-31-26)23(25)14-20-21(24(29)32-22(20)15-25)16-27-9-11-28(12-10-27)18-5-3-6-19(13-18)30-2/h3,5-6,13,20-23H,4,7-12,14-17H2,1-2H3/t20-,21?,22-,23?,25-,26?/m1/s1. The predicted molar refractivity (Wildman–Crippen MR) is 122 cm³/mol. The van der Waals surface area contributed by atoms with Gasteiger partial charge in [0.25, 0.3) is 0 Å². The summed E-state index contributed by atoms with van der Waals surface area (Å²) >= 11 is 0. The number of hydrogen-bond acceptors (Lipinski definition) is 6. The van der Waals surface area contributed by atoms with Crippen molar-refractivity contribution in [2.45, 2.75) is 50.7 Å². The van der Waals surface area contributed by atoms with Crippen molar-refractivity contribution in [3.05, 3.63) is 24.3 Å². The van der Waals surface area contributed by atoms with Gasteiger partial charge in [0.2, 0.25) is 0 Å². The fraction of sp³-hybridized carbons (Fsp3) is 0.731. The largest absolute Gasteiger partial charge is 0.497 e. The zero-order chi connectivity index (χ0) is 21.9. The maximum Gasteiger partial charge on any atom is 0.310 e. The second-order valence-corrected chi connectivity index (χ2v) is 11.1. The zero-order valence-corrected chi connectivity index (χ0v) is 19.4. The average Bonchev–Trinajstić information content (AvgIpc) is 3.51. The molecule has 32 heavy (non-hydrogen) atoms. The second kappa shape index (κ2) is 7.63. The van der Waals surface area contributed by atoms with E-state index in [2.05, 4.69) is 28.9 Å². The summed E-state index contributed by atoms with van der Waals surface area (Å²) in [5, 5.41) is 0. The Morgan fingerprint density at radius 1 is 1.19 bits per heavy atom. The van der Waals surface area contributed by atoms with Gasteiger partial charge in [-0.25, -0.2) is 0 Å². The normalized spacial score (nSPS) is 41.2. The van der Waals surface area contributed by atoms with Crippen LogP contribution in [-0.4, -0.2) is 69.0 Å². The summed E-state index contributed by atoms with van der Waals surface area (Å²) < 4.78 is 17.4. The van der Waals surface area contributed by atoms with Crippen LogP contribution in [0.5, 0.6) is 5.75 Å². The highest BCUT2D eigenvalue weighted by Gasteiger charge is 2.65. The molecule has 0 aromatic heterocycles. The minimum absolute atomic E-state index is 0.0191. The average molecular weight is 441 g/mol. The third-order valence-electron chi connectivity index (χ3n) is 9.32. The van der Waals surface area contributed by atoms with E-state index >= 15 is 0 Å². The van der Waals surface area contributed by atoms with E-state index < -0.39 is 0 Å². The van der Waals surface area contributed by atoms with E-state index in [0.717, 1.165) is 57.9 Å². The van der Waals surface area contributed by atoms with E-state index in [1.807, 2.05) is 12.1 Å². The summed E-state index contributed by atoms with van der Waals surface area (Å²) in [6.07, 6.45) is 5.94. The highest BCUT2D eigenvalue weighted by Crippen LogP contribution is 2.62. The lowest BCUT2D eigenvalue weighted by atomic mass is 9.53. The summed E-state index contributed by atoms with van der Waals surface area (Å²) in [4.78, 5) is 17.8. The van der Waals surface area contributed by atoms with Gasteiger partial charge in [-0.15, -0.1) is 0 Å². The summed E-state index contributed by atoms with van der Waals surface area (Å²) in [5.41, 5.74) is 1.60. The number of benzene rings is 1. The number of ether oxygens (including phenoxy) is 3. The van der Waals surface area contributed by atoms with Crippen molar-refractivity contribution in [2.24, 2.45) is 23.2 Å². The number of esters is 1. The first-order valence-electron chi connectivity index (χ1n) is 12.5. The van der Waals surface area contributed by atoms with E-state index in [9.17, 15) is 4.79 Å². The number of fused-ring (bicyclic) bond motifs is 3. The Bertz CT molecular complexity index is 878. The van der Waals surface area contributed by atoms with Gasteiger partial charge in [-0.1, -0.05) is 13.0 Å². The number of hydrogen-bond donors (Lipinski definition) is 0. The summed E-state index contributed by atoms with van der Waals surface area (Å²) in [5.74, 6) is 1.91. The van der Waals surface area contributed by atoms with Crippen molar-refractivity contribution in [1.29, 1.82) is 0 Å². The van der Waals surface area contributed by atoms with Crippen LogP contribution in [0.3, 0.4) is 0 Å². The van der Waals surface area contributed by atoms with Crippen molar-refractivity contribution >= 4 is 11.7 Å². The van der Waals surface area contributed by atoms with Gasteiger partial charge in [0.15, 0.2) is 0 Å². The van der Waals surface area contributed by atoms with Crippen LogP contribution in [0.2, 0.25) is 0 Å². The SMILES string of the molecule is COc1cccc(N2CCN(CC3C(=O)O[C@@H]4C[C@@]5(C)CCCC6(CO6)C5C[C@H]34)CC2)c1. The molecular formula is C26H36N2O4. The van der Waals surface area contributed by atoms with Crippen LogP contribution in [-0.2, 0) is 14.3 Å². The van der Waals surface area contributed by atoms with E-state index in [4.69, 9.17) is 14.2 Å². The quantitative estimate of drug-likeness (QED) is 0.529. The first kappa shape index (κ1) is 20.8. The fourth-order valence-electron chi connectivity index (χ4n) is 7.44. The molecule has 6 heteroatoms. The van der Waals surface area contributed by atoms with E-state index in [1.54, 1.807) is 7.11 Å². The molecule has 1 spiro atoms. The summed E-state index contributed by atoms with van der Waals surface area (Å²) in [6, 6.07) is 8.29. The Kier molecular flexibility index (Phi) is 4.95. The number of carbonyl (C=O) groups is 1. The molecular weight excluding hydrogens is 404 g/mol. The molecule has 0 radical (unpaired) electrons. The first-order valence-corrected chi connectivity index (χ1v) is 12.5. The van der Waals surface area contributed by atoms with Crippen LogP contribution in [0.25, 0.3) is 0 Å². The molecule has 1 aromatic rings. The van der Waals surface area contributed by atoms with Crippen molar-refractivity contribution < 1.29 is 19.0 Å². The van der Waals surface area contributed by atoms with Crippen LogP contribution in [0, 0.1) is 23.2 Å². The molecule has 6 nitrogen and oxygen atoms in total.